The van der Waals surface area contributed by atoms with Crippen molar-refractivity contribution in [1.82, 2.24) is 4.90 Å². The van der Waals surface area contributed by atoms with Crippen LogP contribution in [0, 0.1) is 6.10 Å². The lowest BCUT2D eigenvalue weighted by molar-refractivity contribution is -0.131. The Balaban J connectivity index is 2.40. The maximum atomic E-state index is 11.1. The zero-order valence-corrected chi connectivity index (χ0v) is 6.39. The molecule has 1 heterocycles. The second-order valence-corrected chi connectivity index (χ2v) is 2.57. The summed E-state index contributed by atoms with van der Waals surface area (Å²) in [6.45, 7) is 0.703. The van der Waals surface area contributed by atoms with Gasteiger partial charge in [0.2, 0.25) is 0 Å². The van der Waals surface area contributed by atoms with Crippen LogP contribution in [0.2, 0.25) is 0 Å². The molecule has 1 aliphatic rings. The van der Waals surface area contributed by atoms with Crippen LogP contribution >= 0.6 is 0 Å². The first-order valence-corrected chi connectivity index (χ1v) is 3.42. The van der Waals surface area contributed by atoms with E-state index in [4.69, 9.17) is 4.74 Å². The van der Waals surface area contributed by atoms with E-state index in [9.17, 15) is 4.79 Å². The van der Waals surface area contributed by atoms with Crippen molar-refractivity contribution < 1.29 is 9.53 Å². The largest absolute Gasteiger partial charge is 0.361 e. The fourth-order valence-corrected chi connectivity index (χ4v) is 0.918. The number of carbonyl (C=O) groups is 1. The van der Waals surface area contributed by atoms with Gasteiger partial charge in [0.15, 0.2) is 6.10 Å². The van der Waals surface area contributed by atoms with Gasteiger partial charge in [-0.2, -0.15) is 0 Å². The summed E-state index contributed by atoms with van der Waals surface area (Å²) in [6, 6.07) is 0. The smallest absolute Gasteiger partial charge is 0.257 e. The summed E-state index contributed by atoms with van der Waals surface area (Å²) in [5.74, 6) is 0.0116. The number of hydrogen-bond acceptors (Lipinski definition) is 2. The van der Waals surface area contributed by atoms with Crippen LogP contribution in [0.3, 0.4) is 0 Å². The number of amides is 1. The van der Waals surface area contributed by atoms with E-state index in [1.165, 1.54) is 0 Å². The van der Waals surface area contributed by atoms with Gasteiger partial charge in [0.05, 0.1) is 0 Å². The van der Waals surface area contributed by atoms with Crippen molar-refractivity contribution in [3.05, 3.63) is 6.10 Å². The summed E-state index contributed by atoms with van der Waals surface area (Å²) in [5, 5.41) is 0. The van der Waals surface area contributed by atoms with Crippen molar-refractivity contribution in [3.63, 3.8) is 0 Å². The van der Waals surface area contributed by atoms with Gasteiger partial charge in [-0.3, -0.25) is 4.79 Å². The zero-order chi connectivity index (χ0) is 7.56. The predicted octanol–water partition coefficient (Wildman–Crippen LogP) is 0.417. The molecule has 0 aromatic carbocycles. The van der Waals surface area contributed by atoms with Gasteiger partial charge in [-0.25, -0.2) is 0 Å². The van der Waals surface area contributed by atoms with Crippen molar-refractivity contribution >= 4 is 5.91 Å². The molecule has 0 aromatic rings. The molecule has 10 heavy (non-hydrogen) atoms. The first-order chi connectivity index (χ1) is 4.72. The molecule has 1 saturated heterocycles. The van der Waals surface area contributed by atoms with Gasteiger partial charge >= 0.3 is 0 Å². The van der Waals surface area contributed by atoms with E-state index in [1.807, 2.05) is 0 Å². The molecule has 1 aliphatic heterocycles. The fourth-order valence-electron chi connectivity index (χ4n) is 0.918. The van der Waals surface area contributed by atoms with Crippen molar-refractivity contribution in [3.8, 4) is 0 Å². The highest BCUT2D eigenvalue weighted by Crippen LogP contribution is 2.20. The van der Waals surface area contributed by atoms with E-state index in [2.05, 4.69) is 0 Å². The highest BCUT2D eigenvalue weighted by molar-refractivity contribution is 5.87. The Morgan fingerprint density at radius 1 is 1.60 bits per heavy atom. The molecule has 1 rings (SSSR count). The molecule has 0 atom stereocenters. The molecule has 0 N–H and O–H groups in total. The van der Waals surface area contributed by atoms with Crippen LogP contribution in [-0.4, -0.2) is 31.5 Å². The molecule has 3 nitrogen and oxygen atoms in total. The Kier molecular flexibility index (Phi) is 2.27. The van der Waals surface area contributed by atoms with E-state index in [1.54, 1.807) is 19.0 Å². The van der Waals surface area contributed by atoms with E-state index < -0.39 is 0 Å². The second kappa shape index (κ2) is 3.01. The van der Waals surface area contributed by atoms with Gasteiger partial charge in [-0.15, -0.1) is 0 Å². The van der Waals surface area contributed by atoms with Crippen LogP contribution in [-0.2, 0) is 9.53 Å². The van der Waals surface area contributed by atoms with Crippen molar-refractivity contribution in [2.75, 3.05) is 20.7 Å². The van der Waals surface area contributed by atoms with Crippen LogP contribution < -0.4 is 0 Å². The van der Waals surface area contributed by atoms with Gasteiger partial charge in [-0.05, 0) is 12.8 Å². The van der Waals surface area contributed by atoms with Gasteiger partial charge < -0.3 is 9.64 Å². The summed E-state index contributed by atoms with van der Waals surface area (Å²) < 4.78 is 5.10. The number of hydrogen-bond donors (Lipinski definition) is 0. The molecule has 57 valence electrons. The second-order valence-electron chi connectivity index (χ2n) is 2.57. The molecule has 0 aliphatic carbocycles. The normalized spacial score (nSPS) is 19.4. The standard InChI is InChI=1S/C7H12NO2/c1-8(2)7(9)6-4-3-5-10-6/h3-5H2,1-2H3. The average Bonchev–Trinajstić information content (AvgIpc) is 2.36. The topological polar surface area (TPSA) is 29.5 Å². The van der Waals surface area contributed by atoms with Crippen LogP contribution in [0.15, 0.2) is 0 Å². The van der Waals surface area contributed by atoms with Gasteiger partial charge in [0.1, 0.15) is 0 Å². The fraction of sp³-hybridized carbons (Fsp3) is 0.714. The maximum absolute atomic E-state index is 11.1. The minimum Gasteiger partial charge on any atom is -0.361 e. The van der Waals surface area contributed by atoms with Gasteiger partial charge in [0, 0.05) is 20.7 Å². The third-order valence-corrected chi connectivity index (χ3v) is 1.47. The minimum atomic E-state index is 0.0116. The van der Waals surface area contributed by atoms with E-state index >= 15 is 0 Å². The molecule has 3 heteroatoms. The summed E-state index contributed by atoms with van der Waals surface area (Å²) in [7, 11) is 3.47. The first-order valence-electron chi connectivity index (χ1n) is 3.42. The van der Waals surface area contributed by atoms with Crippen molar-refractivity contribution in [2.45, 2.75) is 12.8 Å². The molecule has 0 saturated carbocycles. The Labute approximate surface area is 61.0 Å². The Morgan fingerprint density at radius 2 is 2.30 bits per heavy atom. The van der Waals surface area contributed by atoms with Crippen LogP contribution in [0.5, 0.6) is 0 Å². The highest BCUT2D eigenvalue weighted by atomic mass is 16.5. The number of rotatable bonds is 1. The lowest BCUT2D eigenvalue weighted by Gasteiger charge is -2.13. The number of likely N-dealkylation sites (N-methyl/N-ethyl adjacent to an activating group) is 1. The average molecular weight is 142 g/mol. The third kappa shape index (κ3) is 1.48. The van der Waals surface area contributed by atoms with E-state index in [0.29, 0.717) is 12.7 Å². The number of ether oxygens (including phenoxy) is 1. The molecule has 1 amide bonds. The Hall–Kier alpha value is -0.570. The zero-order valence-electron chi connectivity index (χ0n) is 6.39. The van der Waals surface area contributed by atoms with Crippen LogP contribution in [0.4, 0.5) is 0 Å². The van der Waals surface area contributed by atoms with E-state index in [-0.39, 0.29) is 5.91 Å². The molecule has 0 bridgehead atoms. The number of nitrogens with zero attached hydrogens (tertiary/aromatic N) is 1. The first kappa shape index (κ1) is 7.54. The van der Waals surface area contributed by atoms with Crippen molar-refractivity contribution in [1.29, 1.82) is 0 Å². The molecule has 1 radical (unpaired) electrons. The SMILES string of the molecule is CN(C)C(=O)[C]1CCCO1. The summed E-state index contributed by atoms with van der Waals surface area (Å²) >= 11 is 0. The van der Waals surface area contributed by atoms with E-state index in [0.717, 1.165) is 12.8 Å². The molecule has 1 fully saturated rings. The molecule has 0 unspecified atom stereocenters. The maximum Gasteiger partial charge on any atom is 0.257 e. The summed E-state index contributed by atoms with van der Waals surface area (Å²) in [6.07, 6.45) is 2.40. The molecular formula is C7H12NO2. The number of carbonyl (C=O) groups excluding carboxylic acids is 1. The predicted molar refractivity (Wildman–Crippen MR) is 37.1 cm³/mol. The Bertz CT molecular complexity index is 128. The minimum absolute atomic E-state index is 0.0116. The monoisotopic (exact) mass is 142 g/mol. The van der Waals surface area contributed by atoms with Gasteiger partial charge in [-0.1, -0.05) is 0 Å². The van der Waals surface area contributed by atoms with Crippen molar-refractivity contribution in [2.24, 2.45) is 0 Å². The highest BCUT2D eigenvalue weighted by Gasteiger charge is 2.26. The molecular weight excluding hydrogens is 130 g/mol. The van der Waals surface area contributed by atoms with Gasteiger partial charge in [0.25, 0.3) is 5.91 Å². The molecule has 0 aromatic heterocycles. The quantitative estimate of drug-likeness (QED) is 0.531. The lowest BCUT2D eigenvalue weighted by atomic mass is 10.2. The summed E-state index contributed by atoms with van der Waals surface area (Å²) in [5.41, 5.74) is 0. The van der Waals surface area contributed by atoms with Crippen LogP contribution in [0.25, 0.3) is 0 Å². The third-order valence-electron chi connectivity index (χ3n) is 1.47. The molecule has 0 spiro atoms. The van der Waals surface area contributed by atoms with Crippen LogP contribution in [0.1, 0.15) is 12.8 Å². The summed E-state index contributed by atoms with van der Waals surface area (Å²) in [4.78, 5) is 12.7. The lowest BCUT2D eigenvalue weighted by Crippen LogP contribution is -2.27. The Morgan fingerprint density at radius 3 is 2.70 bits per heavy atom.